The number of hydrogen-bond donors (Lipinski definition) is 2. The second-order valence-electron chi connectivity index (χ2n) is 3.62. The molecule has 0 fully saturated rings. The lowest BCUT2D eigenvalue weighted by Gasteiger charge is -2.06. The first-order chi connectivity index (χ1) is 8.54. The number of anilines is 2. The molecule has 2 aromatic rings. The molecule has 0 unspecified atom stereocenters. The van der Waals surface area contributed by atoms with Gasteiger partial charge in [-0.25, -0.2) is 19.2 Å². The number of hydrogen-bond acceptors (Lipinski definition) is 4. The lowest BCUT2D eigenvalue weighted by Crippen LogP contribution is -2.05. The number of nitrogens with zero attached hydrogens (tertiary/aromatic N) is 2. The average molecular weight is 247 g/mol. The number of benzene rings is 1. The minimum Gasteiger partial charge on any atom is -0.477 e. The van der Waals surface area contributed by atoms with Crippen molar-refractivity contribution in [2.24, 2.45) is 0 Å². The predicted octanol–water partition coefficient (Wildman–Crippen LogP) is 2.37. The number of halogens is 1. The molecule has 0 aliphatic heterocycles. The summed E-state index contributed by atoms with van der Waals surface area (Å²) in [5.74, 6) is -0.765. The van der Waals surface area contributed by atoms with E-state index in [0.717, 1.165) is 0 Å². The maximum Gasteiger partial charge on any atom is 0.354 e. The van der Waals surface area contributed by atoms with Gasteiger partial charge in [-0.3, -0.25) is 0 Å². The van der Waals surface area contributed by atoms with E-state index in [1.807, 2.05) is 0 Å². The summed E-state index contributed by atoms with van der Waals surface area (Å²) in [6, 6.07) is 6.99. The van der Waals surface area contributed by atoms with Gasteiger partial charge >= 0.3 is 5.97 Å². The molecule has 0 atom stereocenters. The van der Waals surface area contributed by atoms with Gasteiger partial charge in [0.2, 0.25) is 0 Å². The van der Waals surface area contributed by atoms with Crippen molar-refractivity contribution < 1.29 is 14.3 Å². The van der Waals surface area contributed by atoms with Crippen LogP contribution in [0.4, 0.5) is 15.9 Å². The zero-order valence-electron chi connectivity index (χ0n) is 9.51. The summed E-state index contributed by atoms with van der Waals surface area (Å²) in [5.41, 5.74) is 0.526. The largest absolute Gasteiger partial charge is 0.477 e. The molecule has 2 N–H and O–H groups in total. The number of aryl methyl sites for hydroxylation is 1. The number of aromatic carboxylic acids is 1. The van der Waals surface area contributed by atoms with E-state index in [0.29, 0.717) is 17.3 Å². The average Bonchev–Trinajstić information content (AvgIpc) is 2.31. The summed E-state index contributed by atoms with van der Waals surface area (Å²) >= 11 is 0. The fourth-order valence-electron chi connectivity index (χ4n) is 1.42. The second-order valence-corrected chi connectivity index (χ2v) is 3.62. The van der Waals surface area contributed by atoms with Crippen LogP contribution in [-0.2, 0) is 0 Å². The van der Waals surface area contributed by atoms with E-state index in [1.165, 1.54) is 30.3 Å². The smallest absolute Gasteiger partial charge is 0.354 e. The van der Waals surface area contributed by atoms with Crippen molar-refractivity contribution in [1.82, 2.24) is 9.97 Å². The molecule has 1 heterocycles. The molecule has 2 rings (SSSR count). The molecule has 92 valence electrons. The van der Waals surface area contributed by atoms with Gasteiger partial charge in [0.1, 0.15) is 17.5 Å². The van der Waals surface area contributed by atoms with E-state index in [9.17, 15) is 9.18 Å². The Kier molecular flexibility index (Phi) is 3.18. The molecule has 18 heavy (non-hydrogen) atoms. The van der Waals surface area contributed by atoms with Crippen LogP contribution in [0.5, 0.6) is 0 Å². The Morgan fingerprint density at radius 2 is 1.94 bits per heavy atom. The Hall–Kier alpha value is -2.50. The third-order valence-corrected chi connectivity index (χ3v) is 2.17. The summed E-state index contributed by atoms with van der Waals surface area (Å²) in [6.07, 6.45) is 0. The van der Waals surface area contributed by atoms with Gasteiger partial charge in [-0.05, 0) is 31.2 Å². The number of carbonyl (C=O) groups is 1. The maximum atomic E-state index is 12.7. The molecule has 1 aromatic carbocycles. The van der Waals surface area contributed by atoms with Crippen LogP contribution in [0, 0.1) is 12.7 Å². The normalized spacial score (nSPS) is 10.1. The minimum atomic E-state index is -1.12. The van der Waals surface area contributed by atoms with Gasteiger partial charge in [-0.15, -0.1) is 0 Å². The maximum absolute atomic E-state index is 12.7. The molecule has 0 spiro atoms. The summed E-state index contributed by atoms with van der Waals surface area (Å²) in [5, 5.41) is 11.8. The van der Waals surface area contributed by atoms with E-state index in [4.69, 9.17) is 5.11 Å². The van der Waals surface area contributed by atoms with E-state index >= 15 is 0 Å². The number of carboxylic acids is 1. The standard InChI is InChI=1S/C12H10FN3O2/c1-7-14-10(12(17)18)6-11(15-7)16-9-4-2-8(13)3-5-9/h2-6H,1H3,(H,17,18)(H,14,15,16). The Labute approximate surface area is 102 Å². The fourth-order valence-corrected chi connectivity index (χ4v) is 1.42. The van der Waals surface area contributed by atoms with Crippen LogP contribution in [0.3, 0.4) is 0 Å². The van der Waals surface area contributed by atoms with Crippen molar-refractivity contribution in [3.05, 3.63) is 47.7 Å². The fraction of sp³-hybridized carbons (Fsp3) is 0.0833. The third kappa shape index (κ3) is 2.79. The SMILES string of the molecule is Cc1nc(Nc2ccc(F)cc2)cc(C(=O)O)n1. The van der Waals surface area contributed by atoms with E-state index in [-0.39, 0.29) is 11.5 Å². The molecule has 0 bridgehead atoms. The molecule has 0 aliphatic carbocycles. The number of nitrogens with one attached hydrogen (secondary N) is 1. The highest BCUT2D eigenvalue weighted by atomic mass is 19.1. The van der Waals surface area contributed by atoms with Gasteiger partial charge in [0.15, 0.2) is 5.69 Å². The zero-order valence-corrected chi connectivity index (χ0v) is 9.51. The van der Waals surface area contributed by atoms with Crippen molar-refractivity contribution in [3.63, 3.8) is 0 Å². The molecule has 6 heteroatoms. The minimum absolute atomic E-state index is 0.0906. The van der Waals surface area contributed by atoms with Crippen molar-refractivity contribution in [1.29, 1.82) is 0 Å². The van der Waals surface area contributed by atoms with Crippen LogP contribution < -0.4 is 5.32 Å². The van der Waals surface area contributed by atoms with Gasteiger partial charge in [-0.2, -0.15) is 0 Å². The second kappa shape index (κ2) is 4.79. The number of aromatic nitrogens is 2. The number of rotatable bonds is 3. The van der Waals surface area contributed by atoms with Gasteiger partial charge in [0.25, 0.3) is 0 Å². The molecule has 1 aromatic heterocycles. The van der Waals surface area contributed by atoms with Crippen LogP contribution in [0.1, 0.15) is 16.3 Å². The van der Waals surface area contributed by atoms with Crippen molar-refractivity contribution >= 4 is 17.5 Å². The summed E-state index contributed by atoms with van der Waals surface area (Å²) < 4.78 is 12.7. The summed E-state index contributed by atoms with van der Waals surface area (Å²) in [6.45, 7) is 1.60. The zero-order chi connectivity index (χ0) is 13.1. The molecular formula is C12H10FN3O2. The highest BCUT2D eigenvalue weighted by Crippen LogP contribution is 2.15. The van der Waals surface area contributed by atoms with E-state index < -0.39 is 5.97 Å². The first kappa shape index (κ1) is 12.0. The van der Waals surface area contributed by atoms with Crippen LogP contribution in [0.15, 0.2) is 30.3 Å². The highest BCUT2D eigenvalue weighted by Gasteiger charge is 2.08. The molecule has 0 saturated heterocycles. The summed E-state index contributed by atoms with van der Waals surface area (Å²) in [7, 11) is 0. The number of carboxylic acid groups (broad SMARTS) is 1. The highest BCUT2D eigenvalue weighted by molar-refractivity contribution is 5.86. The Balaban J connectivity index is 2.28. The summed E-state index contributed by atoms with van der Waals surface area (Å²) in [4.78, 5) is 18.7. The van der Waals surface area contributed by atoms with Gasteiger partial charge in [0, 0.05) is 11.8 Å². The first-order valence-electron chi connectivity index (χ1n) is 5.16. The van der Waals surface area contributed by atoms with Crippen LogP contribution in [0.2, 0.25) is 0 Å². The monoisotopic (exact) mass is 247 g/mol. The molecule has 0 aliphatic rings. The lowest BCUT2D eigenvalue weighted by atomic mass is 10.3. The van der Waals surface area contributed by atoms with Crippen LogP contribution >= 0.6 is 0 Å². The van der Waals surface area contributed by atoms with E-state index in [2.05, 4.69) is 15.3 Å². The van der Waals surface area contributed by atoms with Crippen LogP contribution in [-0.4, -0.2) is 21.0 Å². The molecule has 0 saturated carbocycles. The third-order valence-electron chi connectivity index (χ3n) is 2.17. The van der Waals surface area contributed by atoms with Crippen molar-refractivity contribution in [2.45, 2.75) is 6.92 Å². The van der Waals surface area contributed by atoms with Gasteiger partial charge < -0.3 is 10.4 Å². The Bertz CT molecular complexity index is 584. The topological polar surface area (TPSA) is 75.1 Å². The van der Waals surface area contributed by atoms with Gasteiger partial charge in [-0.1, -0.05) is 0 Å². The van der Waals surface area contributed by atoms with Crippen molar-refractivity contribution in [3.8, 4) is 0 Å². The lowest BCUT2D eigenvalue weighted by molar-refractivity contribution is 0.0690. The van der Waals surface area contributed by atoms with Crippen molar-refractivity contribution in [2.75, 3.05) is 5.32 Å². The van der Waals surface area contributed by atoms with Crippen LogP contribution in [0.25, 0.3) is 0 Å². The quantitative estimate of drug-likeness (QED) is 0.870. The van der Waals surface area contributed by atoms with E-state index in [1.54, 1.807) is 6.92 Å². The molecular weight excluding hydrogens is 237 g/mol. The molecule has 0 radical (unpaired) electrons. The predicted molar refractivity (Wildman–Crippen MR) is 63.4 cm³/mol. The Morgan fingerprint density at radius 1 is 1.28 bits per heavy atom. The molecule has 5 nitrogen and oxygen atoms in total. The molecule has 0 amide bonds. The Morgan fingerprint density at radius 3 is 2.56 bits per heavy atom. The first-order valence-corrected chi connectivity index (χ1v) is 5.16. The van der Waals surface area contributed by atoms with Gasteiger partial charge in [0.05, 0.1) is 0 Å².